The molecule has 0 radical (unpaired) electrons. The van der Waals surface area contributed by atoms with Crippen molar-refractivity contribution >= 4 is 54.8 Å². The first-order chi connectivity index (χ1) is 16.4. The first kappa shape index (κ1) is 18.4. The summed E-state index contributed by atoms with van der Waals surface area (Å²) in [5.74, 6) is 6.10. The lowest BCUT2D eigenvalue weighted by atomic mass is 10.1. The number of nitrogens with one attached hydrogen (secondary N) is 1. The third-order valence-corrected chi connectivity index (χ3v) is 6.28. The summed E-state index contributed by atoms with van der Waals surface area (Å²) in [7, 11) is 0. The van der Waals surface area contributed by atoms with Gasteiger partial charge in [0.2, 0.25) is 10.9 Å². The standard InChI is InChI=1S/C23H11N7O4/c24-19-9-5-1-2-6-10(9)20-26-15-13(22(33)28(19)20)17(31)16-14(18(15)32)23(34)29-21(27-16)11-7-3-4-8-12(11)30(29)25/h1-8,24H,25H2. The molecule has 0 saturated carbocycles. The number of benzene rings is 3. The van der Waals surface area contributed by atoms with Gasteiger partial charge >= 0.3 is 0 Å². The average Bonchev–Trinajstić information content (AvgIpc) is 3.30. The lowest BCUT2D eigenvalue weighted by molar-refractivity contribution is 0.757. The van der Waals surface area contributed by atoms with Crippen molar-refractivity contribution in [3.8, 4) is 0 Å². The highest BCUT2D eigenvalue weighted by atomic mass is 16.2. The maximum absolute atomic E-state index is 13.5. The largest absolute Gasteiger partial charge is 0.324 e. The maximum Gasteiger partial charge on any atom is 0.286 e. The number of nitrogens with two attached hydrogens (primary N) is 1. The molecule has 0 aliphatic carbocycles. The van der Waals surface area contributed by atoms with E-state index in [0.29, 0.717) is 21.7 Å². The van der Waals surface area contributed by atoms with Crippen molar-refractivity contribution in [2.45, 2.75) is 0 Å². The first-order valence-electron chi connectivity index (χ1n) is 10.2. The van der Waals surface area contributed by atoms with Gasteiger partial charge in [0, 0.05) is 16.2 Å². The molecule has 162 valence electrons. The van der Waals surface area contributed by atoms with Gasteiger partial charge in [0.25, 0.3) is 11.1 Å². The van der Waals surface area contributed by atoms with E-state index in [-0.39, 0.29) is 16.8 Å². The van der Waals surface area contributed by atoms with Gasteiger partial charge in [-0.15, -0.1) is 0 Å². The van der Waals surface area contributed by atoms with E-state index in [4.69, 9.17) is 11.3 Å². The lowest BCUT2D eigenvalue weighted by Gasteiger charge is -2.03. The van der Waals surface area contributed by atoms with Crippen LogP contribution in [0.4, 0.5) is 0 Å². The van der Waals surface area contributed by atoms with E-state index >= 15 is 0 Å². The summed E-state index contributed by atoms with van der Waals surface area (Å²) in [5.41, 5.74) is -3.87. The van der Waals surface area contributed by atoms with E-state index in [0.717, 1.165) is 13.7 Å². The van der Waals surface area contributed by atoms with E-state index in [1.165, 1.54) is 0 Å². The number of nitrogen functional groups attached to an aromatic ring is 1. The summed E-state index contributed by atoms with van der Waals surface area (Å²) in [6.45, 7) is 0. The molecule has 7 rings (SSSR count). The second-order valence-corrected chi connectivity index (χ2v) is 7.99. The number of hydrogen-bond acceptors (Lipinski definition) is 8. The van der Waals surface area contributed by atoms with E-state index in [2.05, 4.69) is 9.97 Å². The second kappa shape index (κ2) is 5.78. The molecule has 0 spiro atoms. The molecule has 0 aliphatic heterocycles. The molecule has 3 aromatic carbocycles. The Kier molecular flexibility index (Phi) is 3.13. The third kappa shape index (κ3) is 1.91. The molecule has 3 N–H and O–H groups in total. The van der Waals surface area contributed by atoms with Crippen molar-refractivity contribution in [2.75, 3.05) is 5.84 Å². The molecule has 11 heteroatoms. The molecule has 34 heavy (non-hydrogen) atoms. The Morgan fingerprint density at radius 2 is 1.26 bits per heavy atom. The summed E-state index contributed by atoms with van der Waals surface area (Å²) < 4.78 is 2.02. The molecule has 0 fully saturated rings. The zero-order chi connectivity index (χ0) is 23.5. The zero-order valence-electron chi connectivity index (χ0n) is 17.1. The number of hydrogen-bond donors (Lipinski definition) is 2. The van der Waals surface area contributed by atoms with E-state index in [1.54, 1.807) is 48.5 Å². The van der Waals surface area contributed by atoms with Crippen molar-refractivity contribution in [3.63, 3.8) is 0 Å². The topological polar surface area (TPSA) is 158 Å². The van der Waals surface area contributed by atoms with Crippen LogP contribution < -0.4 is 33.3 Å². The van der Waals surface area contributed by atoms with Crippen LogP contribution in [0.3, 0.4) is 0 Å². The molecule has 0 saturated heterocycles. The van der Waals surface area contributed by atoms with Crippen molar-refractivity contribution < 1.29 is 0 Å². The predicted octanol–water partition coefficient (Wildman–Crippen LogP) is -0.0940. The maximum atomic E-state index is 13.5. The van der Waals surface area contributed by atoms with Gasteiger partial charge in [0.15, 0.2) is 5.65 Å². The van der Waals surface area contributed by atoms with E-state index < -0.39 is 43.8 Å². The van der Waals surface area contributed by atoms with Gasteiger partial charge in [-0.3, -0.25) is 24.6 Å². The van der Waals surface area contributed by atoms with Gasteiger partial charge in [-0.05, 0) is 12.1 Å². The van der Waals surface area contributed by atoms with Gasteiger partial charge in [-0.25, -0.2) is 14.4 Å². The summed E-state index contributed by atoms with van der Waals surface area (Å²) in [6, 6.07) is 13.5. The minimum atomic E-state index is -0.894. The number of aromatic nitrogens is 5. The van der Waals surface area contributed by atoms with Gasteiger partial charge in [0.1, 0.15) is 32.9 Å². The van der Waals surface area contributed by atoms with Crippen LogP contribution in [0.5, 0.6) is 0 Å². The Hall–Kier alpha value is -5.19. The van der Waals surface area contributed by atoms with Crippen molar-refractivity contribution in [2.24, 2.45) is 0 Å². The lowest BCUT2D eigenvalue weighted by Crippen LogP contribution is -2.34. The summed E-state index contributed by atoms with van der Waals surface area (Å²) in [6.07, 6.45) is 0. The van der Waals surface area contributed by atoms with Gasteiger partial charge in [0.05, 0.1) is 5.52 Å². The summed E-state index contributed by atoms with van der Waals surface area (Å²) in [4.78, 5) is 63.4. The van der Waals surface area contributed by atoms with Crippen LogP contribution in [0.2, 0.25) is 0 Å². The highest BCUT2D eigenvalue weighted by Gasteiger charge is 2.24. The van der Waals surface area contributed by atoms with Crippen LogP contribution in [-0.4, -0.2) is 23.7 Å². The van der Waals surface area contributed by atoms with Crippen LogP contribution in [0.15, 0.2) is 67.7 Å². The molecule has 0 atom stereocenters. The quantitative estimate of drug-likeness (QED) is 0.242. The zero-order valence-corrected chi connectivity index (χ0v) is 17.1. The van der Waals surface area contributed by atoms with E-state index in [1.807, 2.05) is 0 Å². The smallest absolute Gasteiger partial charge is 0.286 e. The Bertz CT molecular complexity index is 2350. The number of fused-ring (bicyclic) bond motifs is 8. The molecular formula is C23H11N7O4. The fourth-order valence-corrected chi connectivity index (χ4v) is 4.75. The van der Waals surface area contributed by atoms with Crippen molar-refractivity contribution in [1.29, 1.82) is 5.41 Å². The molecule has 4 aromatic heterocycles. The molecular weight excluding hydrogens is 438 g/mol. The van der Waals surface area contributed by atoms with Crippen LogP contribution in [0, 0.1) is 5.41 Å². The Labute approximate surface area is 185 Å². The van der Waals surface area contributed by atoms with Crippen LogP contribution >= 0.6 is 0 Å². The fourth-order valence-electron chi connectivity index (χ4n) is 4.75. The highest BCUT2D eigenvalue weighted by molar-refractivity contribution is 6.01. The molecule has 0 amide bonds. The normalized spacial score (nSPS) is 12.2. The van der Waals surface area contributed by atoms with Crippen LogP contribution in [0.1, 0.15) is 0 Å². The van der Waals surface area contributed by atoms with Crippen LogP contribution in [-0.2, 0) is 0 Å². The Morgan fingerprint density at radius 3 is 1.97 bits per heavy atom. The third-order valence-electron chi connectivity index (χ3n) is 6.28. The minimum absolute atomic E-state index is 0.0658. The Balaban J connectivity index is 1.83. The predicted molar refractivity (Wildman–Crippen MR) is 125 cm³/mol. The fraction of sp³-hybridized carbons (Fsp3) is 0. The number of nitrogens with zero attached hydrogens (tertiary/aromatic N) is 5. The molecule has 0 unspecified atom stereocenters. The van der Waals surface area contributed by atoms with Gasteiger partial charge in [-0.1, -0.05) is 36.4 Å². The van der Waals surface area contributed by atoms with Crippen molar-refractivity contribution in [3.05, 3.63) is 95.2 Å². The first-order valence-corrected chi connectivity index (χ1v) is 10.2. The monoisotopic (exact) mass is 449 g/mol. The molecule has 0 bridgehead atoms. The van der Waals surface area contributed by atoms with Crippen LogP contribution in [0.25, 0.3) is 54.8 Å². The molecule has 11 nitrogen and oxygen atoms in total. The van der Waals surface area contributed by atoms with E-state index in [9.17, 15) is 19.2 Å². The average molecular weight is 449 g/mol. The molecule has 4 heterocycles. The molecule has 0 aliphatic rings. The second-order valence-electron chi connectivity index (χ2n) is 7.99. The Morgan fingerprint density at radius 1 is 0.706 bits per heavy atom. The molecule has 7 aromatic rings. The minimum Gasteiger partial charge on any atom is -0.324 e. The summed E-state index contributed by atoms with van der Waals surface area (Å²) >= 11 is 0. The summed E-state index contributed by atoms with van der Waals surface area (Å²) in [5, 5.41) is 8.82. The van der Waals surface area contributed by atoms with Gasteiger partial charge in [-0.2, -0.15) is 9.31 Å². The highest BCUT2D eigenvalue weighted by Crippen LogP contribution is 2.20. The SMILES string of the molecule is N=c1c2ccccc2c2nc3c(=O)c4c(=O)n5c(nc4c(=O)c3c(=O)n12)c1ccccc1n5N. The van der Waals surface area contributed by atoms with Crippen molar-refractivity contribution in [1.82, 2.24) is 23.7 Å². The number of para-hydroxylation sites is 1. The number of rotatable bonds is 0. The van der Waals surface area contributed by atoms with Gasteiger partial charge < -0.3 is 5.84 Å².